The number of nitrogens with zero attached hydrogens (tertiary/aromatic N) is 1. The molecule has 2 aromatic rings. The van der Waals surface area contributed by atoms with E-state index in [2.05, 4.69) is 9.72 Å². The number of hydrogen-bond acceptors (Lipinski definition) is 5. The molecule has 6 nitrogen and oxygen atoms in total. The molecule has 1 aromatic heterocycles. The summed E-state index contributed by atoms with van der Waals surface area (Å²) < 4.78 is 48.0. The maximum atomic E-state index is 13.0. The van der Waals surface area contributed by atoms with Crippen molar-refractivity contribution in [1.82, 2.24) is 10.3 Å². The van der Waals surface area contributed by atoms with E-state index >= 15 is 0 Å². The molecule has 2 rings (SSSR count). The van der Waals surface area contributed by atoms with Crippen molar-refractivity contribution >= 4 is 11.9 Å². The van der Waals surface area contributed by atoms with Crippen LogP contribution in [0.25, 0.3) is 11.5 Å². The number of amides is 1. The maximum Gasteiger partial charge on any atom is 0.452 e. The molecular weight excluding hydrogens is 317 g/mol. The predicted molar refractivity (Wildman–Crippen MR) is 71.3 cm³/mol. The van der Waals surface area contributed by atoms with Gasteiger partial charge in [-0.15, -0.1) is 0 Å². The minimum absolute atomic E-state index is 0.282. The molecule has 1 amide bonds. The molecule has 0 aliphatic heterocycles. The molecule has 0 spiro atoms. The van der Waals surface area contributed by atoms with E-state index in [1.807, 2.05) is 5.32 Å². The largest absolute Gasteiger partial charge is 0.468 e. The van der Waals surface area contributed by atoms with Gasteiger partial charge in [0, 0.05) is 5.56 Å². The fraction of sp³-hybridized carbons (Fsp3) is 0.214. The Morgan fingerprint density at radius 1 is 1.26 bits per heavy atom. The molecule has 0 atom stereocenters. The van der Waals surface area contributed by atoms with Crippen LogP contribution < -0.4 is 5.32 Å². The van der Waals surface area contributed by atoms with Gasteiger partial charge in [0.2, 0.25) is 11.7 Å². The summed E-state index contributed by atoms with van der Waals surface area (Å²) in [5.74, 6) is -3.87. The molecule has 23 heavy (non-hydrogen) atoms. The number of carbonyl (C=O) groups excluding carboxylic acids is 2. The maximum absolute atomic E-state index is 13.0. The highest BCUT2D eigenvalue weighted by molar-refractivity contribution is 5.95. The third-order valence-corrected chi connectivity index (χ3v) is 2.74. The molecule has 0 aliphatic carbocycles. The summed E-state index contributed by atoms with van der Waals surface area (Å²) in [7, 11) is 1.08. The first-order valence-electron chi connectivity index (χ1n) is 6.31. The monoisotopic (exact) mass is 328 g/mol. The molecule has 0 saturated carbocycles. The van der Waals surface area contributed by atoms with Gasteiger partial charge in [0.05, 0.1) is 7.11 Å². The number of benzene rings is 1. The first-order chi connectivity index (χ1) is 10.8. The summed E-state index contributed by atoms with van der Waals surface area (Å²) in [6, 6.07) is 7.82. The van der Waals surface area contributed by atoms with E-state index < -0.39 is 36.1 Å². The number of methoxy groups -OCH3 is 1. The third kappa shape index (κ3) is 3.87. The van der Waals surface area contributed by atoms with Gasteiger partial charge in [0.15, 0.2) is 5.69 Å². The minimum atomic E-state index is -4.90. The van der Waals surface area contributed by atoms with Crippen LogP contribution in [0.15, 0.2) is 34.7 Å². The highest BCUT2D eigenvalue weighted by Crippen LogP contribution is 2.35. The Balaban J connectivity index is 2.36. The zero-order valence-corrected chi connectivity index (χ0v) is 11.8. The minimum Gasteiger partial charge on any atom is -0.468 e. The van der Waals surface area contributed by atoms with Crippen molar-refractivity contribution in [1.29, 1.82) is 0 Å². The standard InChI is InChI=1S/C14H11F3N2O4/c1-22-9(20)7-18-12(21)10-11(14(15,16)17)23-13(19-10)8-5-3-2-4-6-8/h2-6H,7H2,1H3,(H,18,21). The van der Waals surface area contributed by atoms with Crippen LogP contribution in [0.2, 0.25) is 0 Å². The molecule has 1 N–H and O–H groups in total. The molecule has 1 heterocycles. The molecule has 0 unspecified atom stereocenters. The van der Waals surface area contributed by atoms with Crippen molar-refractivity contribution in [2.75, 3.05) is 13.7 Å². The van der Waals surface area contributed by atoms with E-state index in [9.17, 15) is 22.8 Å². The molecule has 0 radical (unpaired) electrons. The highest BCUT2D eigenvalue weighted by atomic mass is 19.4. The van der Waals surface area contributed by atoms with E-state index in [1.54, 1.807) is 18.2 Å². The van der Waals surface area contributed by atoms with Crippen LogP contribution in [0.5, 0.6) is 0 Å². The quantitative estimate of drug-likeness (QED) is 0.871. The van der Waals surface area contributed by atoms with E-state index in [-0.39, 0.29) is 11.5 Å². The zero-order valence-electron chi connectivity index (χ0n) is 11.8. The number of carbonyl (C=O) groups is 2. The third-order valence-electron chi connectivity index (χ3n) is 2.74. The average Bonchev–Trinajstić information content (AvgIpc) is 2.98. The number of aromatic nitrogens is 1. The second-order valence-electron chi connectivity index (χ2n) is 4.32. The number of ether oxygens (including phenoxy) is 1. The van der Waals surface area contributed by atoms with Gasteiger partial charge in [-0.25, -0.2) is 4.98 Å². The van der Waals surface area contributed by atoms with Crippen LogP contribution in [0.3, 0.4) is 0 Å². The Morgan fingerprint density at radius 2 is 1.91 bits per heavy atom. The lowest BCUT2D eigenvalue weighted by atomic mass is 10.2. The Hall–Kier alpha value is -2.84. The number of halogens is 3. The lowest BCUT2D eigenvalue weighted by molar-refractivity contribution is -0.153. The Morgan fingerprint density at radius 3 is 2.48 bits per heavy atom. The number of nitrogens with one attached hydrogen (secondary N) is 1. The molecule has 0 fully saturated rings. The van der Waals surface area contributed by atoms with Crippen LogP contribution in [0, 0.1) is 0 Å². The summed E-state index contributed by atoms with van der Waals surface area (Å²) in [6.45, 7) is -0.583. The lowest BCUT2D eigenvalue weighted by Gasteiger charge is -2.05. The van der Waals surface area contributed by atoms with Crippen molar-refractivity contribution < 1.29 is 31.9 Å². The highest BCUT2D eigenvalue weighted by Gasteiger charge is 2.42. The van der Waals surface area contributed by atoms with Gasteiger partial charge < -0.3 is 14.5 Å². The fourth-order valence-corrected chi connectivity index (χ4v) is 1.68. The van der Waals surface area contributed by atoms with Crippen LogP contribution in [0.1, 0.15) is 16.2 Å². The number of esters is 1. The Kier molecular flexibility index (Phi) is 4.68. The van der Waals surface area contributed by atoms with Crippen LogP contribution in [-0.2, 0) is 15.7 Å². The smallest absolute Gasteiger partial charge is 0.452 e. The summed E-state index contributed by atoms with van der Waals surface area (Å²) >= 11 is 0. The van der Waals surface area contributed by atoms with Gasteiger partial charge in [0.25, 0.3) is 5.91 Å². The SMILES string of the molecule is COC(=O)CNC(=O)c1nc(-c2ccccc2)oc1C(F)(F)F. The Labute approximate surface area is 128 Å². The predicted octanol–water partition coefficient (Wildman–Crippen LogP) is 2.26. The number of rotatable bonds is 4. The zero-order chi connectivity index (χ0) is 17.0. The van der Waals surface area contributed by atoms with Gasteiger partial charge in [-0.1, -0.05) is 18.2 Å². The van der Waals surface area contributed by atoms with Crippen LogP contribution >= 0.6 is 0 Å². The first-order valence-corrected chi connectivity index (χ1v) is 6.31. The number of hydrogen-bond donors (Lipinski definition) is 1. The molecule has 0 saturated heterocycles. The second kappa shape index (κ2) is 6.51. The molecule has 9 heteroatoms. The molecule has 122 valence electrons. The number of alkyl halides is 3. The Bertz CT molecular complexity index is 711. The van der Waals surface area contributed by atoms with Gasteiger partial charge in [-0.3, -0.25) is 9.59 Å². The van der Waals surface area contributed by atoms with E-state index in [0.717, 1.165) is 7.11 Å². The van der Waals surface area contributed by atoms with Gasteiger partial charge >= 0.3 is 12.1 Å². The molecule has 1 aromatic carbocycles. The molecular formula is C14H11F3N2O4. The topological polar surface area (TPSA) is 81.4 Å². The normalized spacial score (nSPS) is 11.1. The average molecular weight is 328 g/mol. The molecule has 0 aliphatic rings. The van der Waals surface area contributed by atoms with E-state index in [0.29, 0.717) is 0 Å². The van der Waals surface area contributed by atoms with Crippen molar-refractivity contribution in [2.45, 2.75) is 6.18 Å². The van der Waals surface area contributed by atoms with E-state index in [4.69, 9.17) is 4.42 Å². The van der Waals surface area contributed by atoms with E-state index in [1.165, 1.54) is 12.1 Å². The van der Waals surface area contributed by atoms with Crippen LogP contribution in [-0.4, -0.2) is 30.5 Å². The summed E-state index contributed by atoms with van der Waals surface area (Å²) in [4.78, 5) is 26.4. The summed E-state index contributed by atoms with van der Waals surface area (Å²) in [5, 5.41) is 1.99. The number of oxazole rings is 1. The van der Waals surface area contributed by atoms with Gasteiger partial charge in [0.1, 0.15) is 6.54 Å². The van der Waals surface area contributed by atoms with Crippen molar-refractivity contribution in [3.8, 4) is 11.5 Å². The van der Waals surface area contributed by atoms with Crippen LogP contribution in [0.4, 0.5) is 13.2 Å². The summed E-state index contributed by atoms with van der Waals surface area (Å²) in [6.07, 6.45) is -4.90. The summed E-state index contributed by atoms with van der Waals surface area (Å²) in [5.41, 5.74) is -0.662. The van der Waals surface area contributed by atoms with Crippen molar-refractivity contribution in [3.05, 3.63) is 41.8 Å². The van der Waals surface area contributed by atoms with Gasteiger partial charge in [-0.2, -0.15) is 13.2 Å². The van der Waals surface area contributed by atoms with Crippen molar-refractivity contribution in [3.63, 3.8) is 0 Å². The van der Waals surface area contributed by atoms with Gasteiger partial charge in [-0.05, 0) is 12.1 Å². The molecule has 0 bridgehead atoms. The first kappa shape index (κ1) is 16.5. The lowest BCUT2D eigenvalue weighted by Crippen LogP contribution is -2.31. The fourth-order valence-electron chi connectivity index (χ4n) is 1.68. The second-order valence-corrected chi connectivity index (χ2v) is 4.32. The van der Waals surface area contributed by atoms with Crippen molar-refractivity contribution in [2.24, 2.45) is 0 Å².